The van der Waals surface area contributed by atoms with Crippen molar-refractivity contribution < 1.29 is 4.79 Å². The van der Waals surface area contributed by atoms with Crippen molar-refractivity contribution in [2.75, 3.05) is 0 Å². The number of rotatable bonds is 4. The Labute approximate surface area is 149 Å². The zero-order valence-electron chi connectivity index (χ0n) is 12.4. The molecule has 3 rings (SSSR count). The second kappa shape index (κ2) is 6.59. The molecule has 3 aromatic rings. The van der Waals surface area contributed by atoms with Crippen molar-refractivity contribution in [3.8, 4) is 0 Å². The van der Waals surface area contributed by atoms with E-state index in [1.165, 1.54) is 27.7 Å². The lowest BCUT2D eigenvalue weighted by Gasteiger charge is -2.12. The van der Waals surface area contributed by atoms with Gasteiger partial charge < -0.3 is 0 Å². The Kier molecular flexibility index (Phi) is 4.70. The van der Waals surface area contributed by atoms with Crippen molar-refractivity contribution in [2.45, 2.75) is 17.3 Å². The summed E-state index contributed by atoms with van der Waals surface area (Å²) in [6.07, 6.45) is 0. The van der Waals surface area contributed by atoms with Crippen LogP contribution in [0.25, 0.3) is 10.2 Å². The van der Waals surface area contributed by atoms with Gasteiger partial charge in [0, 0.05) is 17.1 Å². The van der Waals surface area contributed by atoms with Gasteiger partial charge in [-0.05, 0) is 30.5 Å². The molecule has 0 saturated heterocycles. The molecule has 0 saturated carbocycles. The van der Waals surface area contributed by atoms with Gasteiger partial charge in [0.2, 0.25) is 0 Å². The normalized spacial score (nSPS) is 12.5. The number of carbonyl (C=O) groups is 1. The molecule has 1 aromatic carbocycles. The fourth-order valence-corrected chi connectivity index (χ4v) is 4.17. The van der Waals surface area contributed by atoms with E-state index >= 15 is 0 Å². The Balaban J connectivity index is 1.89. The first-order valence-electron chi connectivity index (χ1n) is 6.88. The van der Waals surface area contributed by atoms with E-state index in [0.717, 1.165) is 4.47 Å². The predicted molar refractivity (Wildman–Crippen MR) is 98.7 cm³/mol. The van der Waals surface area contributed by atoms with Gasteiger partial charge in [-0.15, -0.1) is 11.3 Å². The van der Waals surface area contributed by atoms with Crippen LogP contribution in [0.4, 0.5) is 0 Å². The molecule has 0 aliphatic rings. The maximum atomic E-state index is 12.5. The standard InChI is InChI=1S/C16H13BrN2O2S2/c1-9(13(20)10-3-5-11(17)6-4-10)23-16-18-14-12(7-8-22-14)15(21)19(16)2/h3-9H,1-2H3. The summed E-state index contributed by atoms with van der Waals surface area (Å²) in [4.78, 5) is 30.0. The second-order valence-corrected chi connectivity index (χ2v) is 8.15. The van der Waals surface area contributed by atoms with Crippen molar-refractivity contribution in [3.63, 3.8) is 0 Å². The van der Waals surface area contributed by atoms with Gasteiger partial charge in [-0.3, -0.25) is 14.2 Å². The number of fused-ring (bicyclic) bond motifs is 1. The molecule has 1 atom stereocenters. The number of Topliss-reactive ketones (excluding diaryl/α,β-unsaturated/α-hetero) is 1. The van der Waals surface area contributed by atoms with Crippen LogP contribution in [-0.2, 0) is 7.05 Å². The lowest BCUT2D eigenvalue weighted by atomic mass is 10.1. The summed E-state index contributed by atoms with van der Waals surface area (Å²) in [6, 6.07) is 9.05. The van der Waals surface area contributed by atoms with Crippen LogP contribution in [0.1, 0.15) is 17.3 Å². The van der Waals surface area contributed by atoms with Crippen molar-refractivity contribution in [1.82, 2.24) is 9.55 Å². The highest BCUT2D eigenvalue weighted by molar-refractivity contribution is 9.10. The fourth-order valence-electron chi connectivity index (χ4n) is 2.15. The van der Waals surface area contributed by atoms with Gasteiger partial charge >= 0.3 is 0 Å². The van der Waals surface area contributed by atoms with Crippen molar-refractivity contribution in [2.24, 2.45) is 7.05 Å². The number of thioether (sulfide) groups is 1. The summed E-state index contributed by atoms with van der Waals surface area (Å²) in [5, 5.41) is 2.70. The fraction of sp³-hybridized carbons (Fsp3) is 0.188. The van der Waals surface area contributed by atoms with Gasteiger partial charge in [-0.1, -0.05) is 39.8 Å². The number of aromatic nitrogens is 2. The summed E-state index contributed by atoms with van der Waals surface area (Å²) in [6.45, 7) is 1.83. The Morgan fingerprint density at radius 3 is 2.70 bits per heavy atom. The summed E-state index contributed by atoms with van der Waals surface area (Å²) in [5.74, 6) is 0.0167. The summed E-state index contributed by atoms with van der Waals surface area (Å²) in [5.41, 5.74) is 0.567. The molecule has 0 fully saturated rings. The average Bonchev–Trinajstić information content (AvgIpc) is 3.00. The minimum Gasteiger partial charge on any atom is -0.293 e. The highest BCUT2D eigenvalue weighted by Gasteiger charge is 2.19. The van der Waals surface area contributed by atoms with Gasteiger partial charge in [0.15, 0.2) is 10.9 Å². The van der Waals surface area contributed by atoms with E-state index in [-0.39, 0.29) is 16.6 Å². The van der Waals surface area contributed by atoms with E-state index in [0.29, 0.717) is 20.9 Å². The summed E-state index contributed by atoms with van der Waals surface area (Å²) >= 11 is 6.10. The van der Waals surface area contributed by atoms with Gasteiger partial charge in [0.25, 0.3) is 5.56 Å². The van der Waals surface area contributed by atoms with Gasteiger partial charge in [0.1, 0.15) is 4.83 Å². The van der Waals surface area contributed by atoms with E-state index in [1.807, 2.05) is 24.4 Å². The molecule has 0 radical (unpaired) electrons. The molecule has 0 spiro atoms. The molecule has 0 N–H and O–H groups in total. The van der Waals surface area contributed by atoms with Crippen LogP contribution in [-0.4, -0.2) is 20.6 Å². The van der Waals surface area contributed by atoms with E-state index in [1.54, 1.807) is 25.2 Å². The first kappa shape index (κ1) is 16.4. The second-order valence-electron chi connectivity index (χ2n) is 5.03. The Morgan fingerprint density at radius 2 is 2.00 bits per heavy atom. The zero-order chi connectivity index (χ0) is 16.6. The third-order valence-electron chi connectivity index (χ3n) is 3.44. The minimum absolute atomic E-state index is 0.0167. The van der Waals surface area contributed by atoms with Crippen LogP contribution in [0.2, 0.25) is 0 Å². The number of carbonyl (C=O) groups excluding carboxylic acids is 1. The number of hydrogen-bond acceptors (Lipinski definition) is 5. The first-order valence-corrected chi connectivity index (χ1v) is 9.43. The van der Waals surface area contributed by atoms with Gasteiger partial charge in [-0.25, -0.2) is 4.98 Å². The van der Waals surface area contributed by atoms with E-state index in [2.05, 4.69) is 20.9 Å². The first-order chi connectivity index (χ1) is 11.0. The minimum atomic E-state index is -0.327. The maximum absolute atomic E-state index is 12.5. The molecule has 2 aromatic heterocycles. The Morgan fingerprint density at radius 1 is 1.30 bits per heavy atom. The molecule has 7 heteroatoms. The number of thiophene rings is 1. The average molecular weight is 409 g/mol. The topological polar surface area (TPSA) is 52.0 Å². The lowest BCUT2D eigenvalue weighted by molar-refractivity contribution is 0.0994. The molecule has 0 bridgehead atoms. The molecular formula is C16H13BrN2O2S2. The molecule has 1 unspecified atom stereocenters. The van der Waals surface area contributed by atoms with Crippen molar-refractivity contribution in [3.05, 3.63) is 56.1 Å². The molecule has 0 aliphatic carbocycles. The highest BCUT2D eigenvalue weighted by Crippen LogP contribution is 2.26. The predicted octanol–water partition coefficient (Wildman–Crippen LogP) is 4.12. The van der Waals surface area contributed by atoms with Crippen LogP contribution >= 0.6 is 39.0 Å². The number of nitrogens with zero attached hydrogens (tertiary/aromatic N) is 2. The molecule has 0 aliphatic heterocycles. The smallest absolute Gasteiger partial charge is 0.262 e. The third-order valence-corrected chi connectivity index (χ3v) is 5.92. The third kappa shape index (κ3) is 3.27. The van der Waals surface area contributed by atoms with Crippen LogP contribution < -0.4 is 5.56 Å². The van der Waals surface area contributed by atoms with Crippen LogP contribution in [0.15, 0.2) is 50.1 Å². The van der Waals surface area contributed by atoms with E-state index < -0.39 is 0 Å². The molecule has 118 valence electrons. The van der Waals surface area contributed by atoms with Crippen LogP contribution in [0.3, 0.4) is 0 Å². The largest absolute Gasteiger partial charge is 0.293 e. The number of hydrogen-bond donors (Lipinski definition) is 0. The number of halogens is 1. The lowest BCUT2D eigenvalue weighted by Crippen LogP contribution is -2.21. The molecule has 0 amide bonds. The zero-order valence-corrected chi connectivity index (χ0v) is 15.7. The summed E-state index contributed by atoms with van der Waals surface area (Å²) < 4.78 is 2.44. The number of benzene rings is 1. The summed E-state index contributed by atoms with van der Waals surface area (Å²) in [7, 11) is 1.69. The van der Waals surface area contributed by atoms with E-state index in [4.69, 9.17) is 0 Å². The molecular weight excluding hydrogens is 396 g/mol. The van der Waals surface area contributed by atoms with Crippen LogP contribution in [0.5, 0.6) is 0 Å². The number of ketones is 1. The SMILES string of the molecule is CC(Sc1nc2sccc2c(=O)n1C)C(=O)c1ccc(Br)cc1. The Bertz CT molecular complexity index is 931. The van der Waals surface area contributed by atoms with E-state index in [9.17, 15) is 9.59 Å². The molecule has 2 heterocycles. The highest BCUT2D eigenvalue weighted by atomic mass is 79.9. The Hall–Kier alpha value is -1.44. The maximum Gasteiger partial charge on any atom is 0.262 e. The van der Waals surface area contributed by atoms with Gasteiger partial charge in [0.05, 0.1) is 10.6 Å². The van der Waals surface area contributed by atoms with Crippen molar-refractivity contribution in [1.29, 1.82) is 0 Å². The monoisotopic (exact) mass is 408 g/mol. The van der Waals surface area contributed by atoms with Gasteiger partial charge in [-0.2, -0.15) is 0 Å². The molecule has 23 heavy (non-hydrogen) atoms. The molecule has 4 nitrogen and oxygen atoms in total. The quantitative estimate of drug-likeness (QED) is 0.370. The van der Waals surface area contributed by atoms with Crippen molar-refractivity contribution >= 4 is 55.0 Å². The van der Waals surface area contributed by atoms with Crippen LogP contribution in [0, 0.1) is 0 Å².